The van der Waals surface area contributed by atoms with E-state index in [9.17, 15) is 9.59 Å². The van der Waals surface area contributed by atoms with Gasteiger partial charge in [0.15, 0.2) is 12.1 Å². The molecule has 4 heteroatoms. The van der Waals surface area contributed by atoms with E-state index in [2.05, 4.69) is 9.69 Å². The van der Waals surface area contributed by atoms with Crippen LogP contribution in [0.1, 0.15) is 15.9 Å². The summed E-state index contributed by atoms with van der Waals surface area (Å²) >= 11 is 0. The molecule has 1 aromatic rings. The van der Waals surface area contributed by atoms with E-state index in [-0.39, 0.29) is 11.1 Å². The van der Waals surface area contributed by atoms with Crippen molar-refractivity contribution < 1.29 is 9.59 Å². The Morgan fingerprint density at radius 2 is 1.71 bits per heavy atom. The number of fused-ring (bicyclic) bond motifs is 1. The molecule has 0 saturated carbocycles. The van der Waals surface area contributed by atoms with E-state index in [1.807, 2.05) is 0 Å². The van der Waals surface area contributed by atoms with Gasteiger partial charge in [0.2, 0.25) is 0 Å². The maximum Gasteiger partial charge on any atom is 0.503 e. The first-order valence-corrected chi connectivity index (χ1v) is 4.81. The summed E-state index contributed by atoms with van der Waals surface area (Å²) in [7, 11) is 0. The minimum absolute atomic E-state index is 0.0665. The molecule has 0 radical (unpaired) electrons. The fourth-order valence-electron chi connectivity index (χ4n) is 1.88. The van der Waals surface area contributed by atoms with Gasteiger partial charge in [0.25, 0.3) is 0 Å². The molecule has 0 spiro atoms. The quantitative estimate of drug-likeness (QED) is 0.436. The maximum atomic E-state index is 11.9. The molecule has 0 bridgehead atoms. The van der Waals surface area contributed by atoms with Crippen LogP contribution in [0, 0.1) is 13.1 Å². The Morgan fingerprint density at radius 3 is 2.24 bits per heavy atom. The molecule has 0 unspecified atom stereocenters. The van der Waals surface area contributed by atoms with Gasteiger partial charge < -0.3 is 0 Å². The lowest BCUT2D eigenvalue weighted by Gasteiger charge is -1.98. The lowest BCUT2D eigenvalue weighted by Crippen LogP contribution is -2.03. The highest BCUT2D eigenvalue weighted by Gasteiger charge is 2.39. The number of rotatable bonds is 2. The highest BCUT2D eigenvalue weighted by molar-refractivity contribution is 6.31. The van der Waals surface area contributed by atoms with Crippen molar-refractivity contribution in [3.8, 4) is 0 Å². The van der Waals surface area contributed by atoms with E-state index < -0.39 is 11.9 Å². The van der Waals surface area contributed by atoms with Crippen LogP contribution in [0.2, 0.25) is 0 Å². The van der Waals surface area contributed by atoms with Crippen molar-refractivity contribution in [1.29, 1.82) is 0 Å². The van der Waals surface area contributed by atoms with Gasteiger partial charge in [-0.2, -0.15) is 0 Å². The SMILES string of the molecule is [C-]#[N+]C([N+]#[C-])C1=C(C=O)C(=O)c2ccccc21. The van der Waals surface area contributed by atoms with Crippen LogP contribution in [0.4, 0.5) is 0 Å². The number of Topliss-reactive ketones (excluding diaryl/α,β-unsaturated/α-hetero) is 1. The van der Waals surface area contributed by atoms with Gasteiger partial charge >= 0.3 is 6.17 Å². The number of allylic oxidation sites excluding steroid dienone is 1. The first kappa shape index (κ1) is 10.8. The molecule has 4 nitrogen and oxygen atoms in total. The molecule has 2 rings (SSSR count). The van der Waals surface area contributed by atoms with Crippen LogP contribution >= 0.6 is 0 Å². The van der Waals surface area contributed by atoms with E-state index in [4.69, 9.17) is 13.1 Å². The van der Waals surface area contributed by atoms with Crippen LogP contribution in [-0.4, -0.2) is 18.2 Å². The van der Waals surface area contributed by atoms with Gasteiger partial charge in [-0.1, -0.05) is 24.3 Å². The van der Waals surface area contributed by atoms with Crippen molar-refractivity contribution in [2.75, 3.05) is 0 Å². The van der Waals surface area contributed by atoms with E-state index in [0.717, 1.165) is 0 Å². The van der Waals surface area contributed by atoms with Crippen molar-refractivity contribution in [2.45, 2.75) is 6.17 Å². The van der Waals surface area contributed by atoms with Crippen LogP contribution in [0.5, 0.6) is 0 Å². The molecule has 0 aliphatic heterocycles. The maximum absolute atomic E-state index is 11.9. The number of aldehydes is 1. The first-order chi connectivity index (χ1) is 8.24. The molecule has 1 aliphatic carbocycles. The van der Waals surface area contributed by atoms with Crippen LogP contribution in [0.25, 0.3) is 15.3 Å². The zero-order valence-electron chi connectivity index (χ0n) is 8.68. The Bertz CT molecular complexity index is 616. The zero-order chi connectivity index (χ0) is 12.4. The highest BCUT2D eigenvalue weighted by Crippen LogP contribution is 2.35. The molecule has 0 heterocycles. The third-order valence-electron chi connectivity index (χ3n) is 2.62. The predicted octanol–water partition coefficient (Wildman–Crippen LogP) is 2.00. The molecule has 0 atom stereocenters. The van der Waals surface area contributed by atoms with Crippen molar-refractivity contribution in [2.24, 2.45) is 0 Å². The average Bonchev–Trinajstić information content (AvgIpc) is 2.65. The molecule has 0 saturated heterocycles. The summed E-state index contributed by atoms with van der Waals surface area (Å²) in [5.74, 6) is -0.400. The summed E-state index contributed by atoms with van der Waals surface area (Å²) < 4.78 is 0. The van der Waals surface area contributed by atoms with Crippen molar-refractivity contribution >= 4 is 17.6 Å². The van der Waals surface area contributed by atoms with Gasteiger partial charge in [0.1, 0.15) is 5.57 Å². The molecular formula is C13H6N2O2. The minimum Gasteiger partial charge on any atom is -0.298 e. The summed E-state index contributed by atoms with van der Waals surface area (Å²) in [5, 5.41) is 0. The molecule has 0 aromatic heterocycles. The fourth-order valence-corrected chi connectivity index (χ4v) is 1.88. The van der Waals surface area contributed by atoms with Gasteiger partial charge in [-0.3, -0.25) is 9.59 Å². The number of ketones is 1. The number of hydrogen-bond donors (Lipinski definition) is 0. The number of carbonyl (C=O) groups excluding carboxylic acids is 2. The highest BCUT2D eigenvalue weighted by atomic mass is 16.1. The van der Waals surface area contributed by atoms with Crippen LogP contribution < -0.4 is 0 Å². The summed E-state index contributed by atoms with van der Waals surface area (Å²) in [6.45, 7) is 13.9. The van der Waals surface area contributed by atoms with Crippen LogP contribution in [-0.2, 0) is 4.79 Å². The number of benzene rings is 1. The van der Waals surface area contributed by atoms with Gasteiger partial charge in [0.05, 0.1) is 5.57 Å². The molecular weight excluding hydrogens is 216 g/mol. The summed E-state index contributed by atoms with van der Waals surface area (Å²) in [6, 6.07) is 6.65. The average molecular weight is 222 g/mol. The van der Waals surface area contributed by atoms with Gasteiger partial charge in [-0.05, 0) is 0 Å². The largest absolute Gasteiger partial charge is 0.503 e. The lowest BCUT2D eigenvalue weighted by molar-refractivity contribution is -0.104. The molecule has 1 aromatic carbocycles. The lowest BCUT2D eigenvalue weighted by atomic mass is 10.0. The second-order valence-corrected chi connectivity index (χ2v) is 3.45. The standard InChI is InChI=1S/C13H6N2O2/c1-14-13(15-2)11-8-5-3-4-6-9(8)12(17)10(11)7-16/h3-7,13H. The fraction of sp³-hybridized carbons (Fsp3) is 0.0769. The number of carbonyl (C=O) groups is 2. The predicted molar refractivity (Wildman–Crippen MR) is 60.7 cm³/mol. The summed E-state index contributed by atoms with van der Waals surface area (Å²) in [6.07, 6.45) is -0.691. The number of nitrogens with zero attached hydrogens (tertiary/aromatic N) is 2. The van der Waals surface area contributed by atoms with E-state index in [0.29, 0.717) is 17.4 Å². The van der Waals surface area contributed by atoms with Gasteiger partial charge in [-0.15, -0.1) is 0 Å². The first-order valence-electron chi connectivity index (χ1n) is 4.81. The molecule has 80 valence electrons. The normalized spacial score (nSPS) is 13.2. The van der Waals surface area contributed by atoms with Gasteiger partial charge in [0, 0.05) is 11.1 Å². The Labute approximate surface area is 97.8 Å². The Balaban J connectivity index is 2.74. The summed E-state index contributed by atoms with van der Waals surface area (Å²) in [4.78, 5) is 29.1. The third-order valence-corrected chi connectivity index (χ3v) is 2.62. The molecule has 0 N–H and O–H groups in total. The Hall–Kier alpha value is -2.72. The van der Waals surface area contributed by atoms with Crippen molar-refractivity contribution in [3.63, 3.8) is 0 Å². The molecule has 0 fully saturated rings. The molecule has 1 aliphatic rings. The van der Waals surface area contributed by atoms with Gasteiger partial charge in [-0.25, -0.2) is 22.8 Å². The summed E-state index contributed by atoms with van der Waals surface area (Å²) in [5.41, 5.74) is 1.09. The Morgan fingerprint density at radius 1 is 1.12 bits per heavy atom. The van der Waals surface area contributed by atoms with E-state index in [1.54, 1.807) is 24.3 Å². The van der Waals surface area contributed by atoms with Crippen molar-refractivity contribution in [3.05, 3.63) is 63.8 Å². The van der Waals surface area contributed by atoms with Crippen LogP contribution in [0.15, 0.2) is 29.8 Å². The van der Waals surface area contributed by atoms with E-state index in [1.165, 1.54) is 0 Å². The number of hydrogen-bond acceptors (Lipinski definition) is 2. The second kappa shape index (κ2) is 4.03. The van der Waals surface area contributed by atoms with Crippen molar-refractivity contribution in [1.82, 2.24) is 0 Å². The topological polar surface area (TPSA) is 42.9 Å². The Kier molecular flexibility index (Phi) is 2.56. The smallest absolute Gasteiger partial charge is 0.298 e. The zero-order valence-corrected chi connectivity index (χ0v) is 8.68. The molecule has 17 heavy (non-hydrogen) atoms. The van der Waals surface area contributed by atoms with E-state index >= 15 is 0 Å². The monoisotopic (exact) mass is 222 g/mol. The minimum atomic E-state index is -1.12. The van der Waals surface area contributed by atoms with Crippen LogP contribution in [0.3, 0.4) is 0 Å². The third kappa shape index (κ3) is 1.44. The second-order valence-electron chi connectivity index (χ2n) is 3.45. The molecule has 0 amide bonds.